The molecule has 30 N–H and O–H groups in total. The number of thioether (sulfide) groups is 1. The van der Waals surface area contributed by atoms with Gasteiger partial charge in [-0.25, -0.2) is 0 Å². The van der Waals surface area contributed by atoms with Gasteiger partial charge in [-0.2, -0.15) is 11.8 Å². The van der Waals surface area contributed by atoms with Crippen molar-refractivity contribution in [1.29, 1.82) is 0 Å². The Morgan fingerprint density at radius 2 is 0.669 bits per heavy atom. The van der Waals surface area contributed by atoms with Crippen molar-refractivity contribution in [2.45, 2.75) is 189 Å². The summed E-state index contributed by atoms with van der Waals surface area (Å²) in [6.45, 7) is -3.00. The van der Waals surface area contributed by atoms with Gasteiger partial charge in [0, 0.05) is 147 Å². The third-order valence-corrected chi connectivity index (χ3v) is 23.0. The van der Waals surface area contributed by atoms with Gasteiger partial charge in [0.2, 0.25) is 118 Å². The normalized spacial score (nSPS) is 15.1. The van der Waals surface area contributed by atoms with Gasteiger partial charge in [-0.05, 0) is 98.8 Å². The van der Waals surface area contributed by atoms with E-state index in [1.165, 1.54) is 55.6 Å². The predicted octanol–water partition coefficient (Wildman–Crippen LogP) is -14.7. The van der Waals surface area contributed by atoms with Crippen molar-refractivity contribution in [3.05, 3.63) is 102 Å². The van der Waals surface area contributed by atoms with Crippen LogP contribution in [0.2, 0.25) is 0 Å². The number of fused-ring (bicyclic) bond motifs is 1. The van der Waals surface area contributed by atoms with Crippen LogP contribution < -0.4 is 125 Å². The fourth-order valence-corrected chi connectivity index (χ4v) is 15.2. The average Bonchev–Trinajstić information content (AvgIpc) is 1.69. The number of carbonyl (C=O) groups is 24. The summed E-state index contributed by atoms with van der Waals surface area (Å²) in [5.74, 6) is -28.7. The fourth-order valence-electron chi connectivity index (χ4n) is 14.7. The smallest absolute Gasteiger partial charge is 0.549 e. The van der Waals surface area contributed by atoms with Crippen molar-refractivity contribution in [2.75, 3.05) is 97.1 Å². The van der Waals surface area contributed by atoms with Gasteiger partial charge in [0.25, 0.3) is 0 Å². The molecule has 54 nitrogen and oxygen atoms in total. The van der Waals surface area contributed by atoms with E-state index in [0.29, 0.717) is 22.0 Å². The summed E-state index contributed by atoms with van der Waals surface area (Å²) in [6.07, 6.45) is -6.94. The van der Waals surface area contributed by atoms with Crippen molar-refractivity contribution < 1.29 is 141 Å². The van der Waals surface area contributed by atoms with Gasteiger partial charge in [-0.3, -0.25) is 120 Å². The Kier molecular flexibility index (Phi) is 53.6. The maximum Gasteiger partial charge on any atom is 3.00 e. The van der Waals surface area contributed by atoms with E-state index < -0.39 is 337 Å². The summed E-state index contributed by atoms with van der Waals surface area (Å²) in [4.78, 5) is 329. The second kappa shape index (κ2) is 63.4. The maximum absolute atomic E-state index is 14.7. The number of hydrogen-bond donors (Lipinski definition) is 23. The first kappa shape index (κ1) is 123. The molecule has 0 bridgehead atoms. The van der Waals surface area contributed by atoms with Crippen LogP contribution in [0.5, 0.6) is 5.75 Å². The molecule has 1 aliphatic rings. The van der Waals surface area contributed by atoms with E-state index >= 15 is 0 Å². The zero-order valence-corrected chi connectivity index (χ0v) is 83.8. The Balaban J connectivity index is 0.0000438. The molecular weight excluding hydrogens is 2030 g/mol. The number of carbonyl (C=O) groups excluding carboxylic acids is 23. The summed E-state index contributed by atoms with van der Waals surface area (Å²) >= 11 is 1.24. The minimum atomic E-state index is -2.01. The largest absolute Gasteiger partial charge is 3.00 e. The van der Waals surface area contributed by atoms with Gasteiger partial charge in [-0.1, -0.05) is 60.7 Å². The first-order valence-corrected chi connectivity index (χ1v) is 46.9. The summed E-state index contributed by atoms with van der Waals surface area (Å²) in [5.41, 5.74) is 40.4. The number of carboxylic acids is 4. The molecule has 0 saturated carbocycles. The van der Waals surface area contributed by atoms with E-state index in [-0.39, 0.29) is 115 Å². The summed E-state index contributed by atoms with van der Waals surface area (Å²) in [7, 11) is 0. The molecule has 4 aromatic rings. The molecule has 5 rings (SSSR count). The monoisotopic (exact) mass is 2150 g/mol. The number of nitrogens with two attached hydrogens (primary N) is 7. The number of nitrogens with one attached hydrogen (secondary N) is 14. The third kappa shape index (κ3) is 47.4. The number of primary amides is 7. The zero-order valence-electron chi connectivity index (χ0n) is 79.7. The van der Waals surface area contributed by atoms with Crippen LogP contribution in [0, 0.1) is 0 Å². The van der Waals surface area contributed by atoms with Crippen LogP contribution in [0.25, 0.3) is 10.9 Å². The van der Waals surface area contributed by atoms with E-state index in [2.05, 4.69) is 74.1 Å². The van der Waals surface area contributed by atoms with Gasteiger partial charge in [0.05, 0.1) is 37.4 Å². The number of para-hydroxylation sites is 1. The predicted molar refractivity (Wildman–Crippen MR) is 507 cm³/mol. The van der Waals surface area contributed by atoms with Crippen molar-refractivity contribution in [2.24, 2.45) is 40.1 Å². The van der Waals surface area contributed by atoms with E-state index in [9.17, 15) is 141 Å². The topological polar surface area (TPSA) is 887 Å². The van der Waals surface area contributed by atoms with Crippen LogP contribution in [0.3, 0.4) is 0 Å². The maximum atomic E-state index is 14.7. The van der Waals surface area contributed by atoms with Gasteiger partial charge in [-0.15, -0.1) is 0 Å². The minimum Gasteiger partial charge on any atom is -0.549 e. The molecule has 1 fully saturated rings. The molecule has 12 atom stereocenters. The number of aromatic hydroxyl groups is 1. The van der Waals surface area contributed by atoms with Crippen molar-refractivity contribution in [3.8, 4) is 5.75 Å². The SMILES string of the molecule is CSCC[C@H](NC(=O)[C@H](Cc1c[nH]c2ccccc12)NC(=O)CNC(=O)[C@H](Cc1ccc(O)cc1)NC(=O)[C@H](C)NC(=O)[C@H](CCC(N)=O)NC(=O)[C@H](CCC(N)=O)NC(=O)[C@H](CCC(N)=O)NC(=O)[C@H](CCC(N)=O)NC(=O)[C@H](CCC(N)=O)NC(=O)[C@H](CCC(N)=O)NC(=O)CN1CCN(CC(=O)[O-])CCN(CC(=O)[O-])CCN(CC(=O)[O-])CC1)C(=O)N[C@@H](CC(=O)O)C(=O)N[C@@H](Cc1ccccc1)C(N)=O.[111In+3]. The number of carboxylic acid groups (broad SMARTS) is 4. The van der Waals surface area contributed by atoms with Crippen LogP contribution in [0.4, 0.5) is 0 Å². The third-order valence-electron chi connectivity index (χ3n) is 22.4. The van der Waals surface area contributed by atoms with Crippen LogP contribution in [0.15, 0.2) is 85.1 Å². The van der Waals surface area contributed by atoms with E-state index in [1.54, 1.807) is 67.0 Å². The second-order valence-corrected chi connectivity index (χ2v) is 34.9. The zero-order chi connectivity index (χ0) is 107. The van der Waals surface area contributed by atoms with Crippen molar-refractivity contribution in [1.82, 2.24) is 93.7 Å². The van der Waals surface area contributed by atoms with Gasteiger partial charge < -0.3 is 154 Å². The minimum absolute atomic E-state index is 0. The number of rotatable bonds is 63. The molecule has 0 aliphatic carbocycles. The Morgan fingerprint density at radius 1 is 0.359 bits per heavy atom. The van der Waals surface area contributed by atoms with Crippen LogP contribution in [0.1, 0.15) is 114 Å². The first-order chi connectivity index (χ1) is 68.0. The number of nitrogens with zero attached hydrogens (tertiary/aromatic N) is 4. The quantitative estimate of drug-likeness (QED) is 0.0195. The number of phenolic OH excluding ortho intramolecular Hbond substituents is 1. The number of phenols is 1. The molecule has 145 heavy (non-hydrogen) atoms. The van der Waals surface area contributed by atoms with Crippen molar-refractivity contribution >= 4 is 191 Å². The number of aromatic amines is 1. The van der Waals surface area contributed by atoms with Gasteiger partial charge in [0.15, 0.2) is 0 Å². The number of amides is 20. The van der Waals surface area contributed by atoms with E-state index in [1.807, 2.05) is 0 Å². The second-order valence-electron chi connectivity index (χ2n) is 33.9. The standard InChI is InChI=1S/C89H127N25O29S.In/c1-48(79(133)109-63(39-50-12-14-52(115)15-13-50)80(134)98-43-72(122)101-64(40-51-42-97-54-11-7-6-10-53(51)54)88(142)107-61(28-37-144-2)87(141)110-65(41-74(124)125)89(143)108-62(78(96)132)38-49-8-4-3-5-9-49)99-81(135)56(17-23-67(91)117)102-83(137)58(19-25-69(93)119)104-85(139)60(21-27-71(95)121)106-86(140)59(20-26-70(94)120)105-84(138)57(18-24-68(92)118)103-82(136)55(16-22-66(90)116)100-73(123)44-111-29-31-112(45-75(126)127)33-35-114(47-77(130)131)36-34-113(32-30-111)46-76(128)129;/h3-15,42,48,55-65,97,115H,16-41,43-47H2,1-2H3,(H2,90,116)(H2,91,117)(H2,92,118)(H2,93,119)(H2,94,120)(H2,95,121)(H2,96,132)(H,98,134)(H,99,135)(H,100,123)(H,101,122)(H,102,137)(H,103,136)(H,104,139)(H,105,138)(H,106,140)(H,107,142)(H,108,143)(H,109,133)(H,110,141)(H,124,125)(H,126,127)(H,128,129)(H,130,131);/q;+3/p-3/t48-,55-,56-,57-,58-,59-,60-,61-,62-,63-,64-,65-;/m0./s1/i;1-4. The number of hydrogen-bond acceptors (Lipinski definition) is 33. The molecule has 0 spiro atoms. The van der Waals surface area contributed by atoms with Gasteiger partial charge in [0.1, 0.15) is 78.3 Å². The van der Waals surface area contributed by atoms with Gasteiger partial charge >= 0.3 is 31.8 Å². The van der Waals surface area contributed by atoms with Crippen LogP contribution in [-0.2, 0) is 134 Å². The summed E-state index contributed by atoms with van der Waals surface area (Å²) in [6, 6.07) is -0.877. The van der Waals surface area contributed by atoms with Crippen LogP contribution in [-0.4, -0.2) is 372 Å². The van der Waals surface area contributed by atoms with E-state index in [4.69, 9.17) is 40.1 Å². The number of H-pyrrole nitrogens is 1. The number of aliphatic carboxylic acids is 4. The summed E-state index contributed by atoms with van der Waals surface area (Å²) < 4.78 is 0. The molecule has 56 heteroatoms. The molecule has 3 aromatic carbocycles. The van der Waals surface area contributed by atoms with E-state index in [0.717, 1.165) is 6.92 Å². The number of aromatic nitrogens is 1. The molecule has 20 amide bonds. The fraction of sp³-hybridized carbons (Fsp3) is 0.506. The Labute approximate surface area is 853 Å². The molecule has 1 saturated heterocycles. The average molecular weight is 2150 g/mol. The van der Waals surface area contributed by atoms with Crippen LogP contribution >= 0.6 is 11.8 Å². The van der Waals surface area contributed by atoms with Crippen molar-refractivity contribution in [3.63, 3.8) is 0 Å². The number of benzene rings is 3. The first-order valence-electron chi connectivity index (χ1n) is 45.5. The molecular formula is C89H124InN25O29S. The Hall–Kier alpha value is -14.7. The summed E-state index contributed by atoms with van der Waals surface area (Å²) in [5, 5.41) is 86.8. The molecule has 1 aromatic heterocycles. The molecule has 0 unspecified atom stereocenters. The molecule has 0 radical (unpaired) electrons. The Morgan fingerprint density at radius 3 is 1.05 bits per heavy atom. The molecule has 788 valence electrons. The molecule has 1 aliphatic heterocycles. The molecule has 2 heterocycles. The Bertz CT molecular complexity index is 5190.